The predicted octanol–water partition coefficient (Wildman–Crippen LogP) is 2.27. The van der Waals surface area contributed by atoms with Gasteiger partial charge in [0.25, 0.3) is 0 Å². The summed E-state index contributed by atoms with van der Waals surface area (Å²) in [6, 6.07) is 0. The molecule has 0 bridgehead atoms. The molecule has 1 nitrogen and oxygen atoms in total. The van der Waals surface area contributed by atoms with Crippen molar-refractivity contribution in [2.45, 2.75) is 26.2 Å². The standard InChI is InChI=1S/C8H15FO/c1-3-8(6-10)5-4-7(2)9/h8,10H,2-6H2,1H3/t8-/m0/s1. The number of allylic oxidation sites excluding steroid dienone is 1. The van der Waals surface area contributed by atoms with Gasteiger partial charge < -0.3 is 5.11 Å². The fourth-order valence-corrected chi connectivity index (χ4v) is 0.785. The molecule has 10 heavy (non-hydrogen) atoms. The lowest BCUT2D eigenvalue weighted by Gasteiger charge is -2.08. The van der Waals surface area contributed by atoms with Crippen LogP contribution < -0.4 is 0 Å². The van der Waals surface area contributed by atoms with Crippen LogP contribution in [-0.2, 0) is 0 Å². The molecule has 2 heteroatoms. The van der Waals surface area contributed by atoms with Crippen LogP contribution in [0, 0.1) is 5.92 Å². The molecule has 0 saturated carbocycles. The average molecular weight is 146 g/mol. The summed E-state index contributed by atoms with van der Waals surface area (Å²) in [6.45, 7) is 5.29. The second-order valence-electron chi connectivity index (χ2n) is 2.51. The normalized spacial score (nSPS) is 13.1. The highest BCUT2D eigenvalue weighted by Gasteiger charge is 2.04. The van der Waals surface area contributed by atoms with Crippen LogP contribution >= 0.6 is 0 Å². The van der Waals surface area contributed by atoms with Gasteiger partial charge in [-0.05, 0) is 18.8 Å². The zero-order valence-corrected chi connectivity index (χ0v) is 6.44. The molecule has 0 radical (unpaired) electrons. The lowest BCUT2D eigenvalue weighted by atomic mass is 10.0. The van der Waals surface area contributed by atoms with Crippen molar-refractivity contribution in [1.82, 2.24) is 0 Å². The van der Waals surface area contributed by atoms with Crippen LogP contribution in [0.25, 0.3) is 0 Å². The third kappa shape index (κ3) is 4.50. The van der Waals surface area contributed by atoms with E-state index in [0.29, 0.717) is 12.8 Å². The highest BCUT2D eigenvalue weighted by Crippen LogP contribution is 2.13. The van der Waals surface area contributed by atoms with E-state index in [1.54, 1.807) is 0 Å². The average Bonchev–Trinajstić information content (AvgIpc) is 1.90. The first kappa shape index (κ1) is 9.63. The minimum Gasteiger partial charge on any atom is -0.396 e. The Labute approximate surface area is 61.6 Å². The minimum absolute atomic E-state index is 0.157. The molecular formula is C8H15FO. The van der Waals surface area contributed by atoms with Gasteiger partial charge in [-0.2, -0.15) is 0 Å². The second-order valence-corrected chi connectivity index (χ2v) is 2.51. The summed E-state index contributed by atoms with van der Waals surface area (Å²) >= 11 is 0. The molecule has 60 valence electrons. The van der Waals surface area contributed by atoms with Gasteiger partial charge in [-0.3, -0.25) is 0 Å². The van der Waals surface area contributed by atoms with E-state index >= 15 is 0 Å². The van der Waals surface area contributed by atoms with E-state index < -0.39 is 0 Å². The van der Waals surface area contributed by atoms with Crippen molar-refractivity contribution in [3.8, 4) is 0 Å². The fraction of sp³-hybridized carbons (Fsp3) is 0.750. The fourth-order valence-electron chi connectivity index (χ4n) is 0.785. The molecule has 0 heterocycles. The van der Waals surface area contributed by atoms with Gasteiger partial charge in [0, 0.05) is 6.61 Å². The third-order valence-electron chi connectivity index (χ3n) is 1.66. The SMILES string of the molecule is C=C(F)CC[C@H](CC)CO. The lowest BCUT2D eigenvalue weighted by Crippen LogP contribution is -2.03. The van der Waals surface area contributed by atoms with Crippen LogP contribution in [0.1, 0.15) is 26.2 Å². The molecule has 0 aromatic rings. The van der Waals surface area contributed by atoms with E-state index in [2.05, 4.69) is 6.58 Å². The quantitative estimate of drug-likeness (QED) is 0.630. The zero-order valence-electron chi connectivity index (χ0n) is 6.44. The van der Waals surface area contributed by atoms with Crippen LogP contribution in [-0.4, -0.2) is 11.7 Å². The van der Waals surface area contributed by atoms with Crippen LogP contribution in [0.15, 0.2) is 12.4 Å². The van der Waals surface area contributed by atoms with Crippen LogP contribution in [0.2, 0.25) is 0 Å². The first-order valence-electron chi connectivity index (χ1n) is 3.64. The number of rotatable bonds is 5. The first-order valence-corrected chi connectivity index (χ1v) is 3.64. The smallest absolute Gasteiger partial charge is 0.0928 e. The summed E-state index contributed by atoms with van der Waals surface area (Å²) in [5.41, 5.74) is 0. The Kier molecular flexibility index (Phi) is 5.22. The van der Waals surface area contributed by atoms with E-state index in [0.717, 1.165) is 6.42 Å². The maximum atomic E-state index is 12.1. The Morgan fingerprint density at radius 2 is 2.30 bits per heavy atom. The van der Waals surface area contributed by atoms with Gasteiger partial charge in [-0.1, -0.05) is 19.9 Å². The molecular weight excluding hydrogens is 131 g/mol. The highest BCUT2D eigenvalue weighted by molar-refractivity contribution is 4.80. The number of halogens is 1. The number of hydrogen-bond donors (Lipinski definition) is 1. The largest absolute Gasteiger partial charge is 0.396 e. The van der Waals surface area contributed by atoms with Crippen molar-refractivity contribution in [2.24, 2.45) is 5.92 Å². The summed E-state index contributed by atoms with van der Waals surface area (Å²) in [5, 5.41) is 8.69. The number of aliphatic hydroxyl groups is 1. The molecule has 0 aromatic heterocycles. The summed E-state index contributed by atoms with van der Waals surface area (Å²) < 4.78 is 12.1. The van der Waals surface area contributed by atoms with E-state index in [-0.39, 0.29) is 18.4 Å². The molecule has 0 saturated heterocycles. The Morgan fingerprint density at radius 3 is 2.60 bits per heavy atom. The summed E-state index contributed by atoms with van der Waals surface area (Å²) in [4.78, 5) is 0. The monoisotopic (exact) mass is 146 g/mol. The van der Waals surface area contributed by atoms with Crippen molar-refractivity contribution >= 4 is 0 Å². The molecule has 0 aromatic carbocycles. The van der Waals surface area contributed by atoms with Crippen molar-refractivity contribution in [3.05, 3.63) is 12.4 Å². The Bertz CT molecular complexity index is 97.4. The molecule has 0 rings (SSSR count). The molecule has 0 aliphatic heterocycles. The maximum Gasteiger partial charge on any atom is 0.0928 e. The van der Waals surface area contributed by atoms with Gasteiger partial charge in [-0.15, -0.1) is 0 Å². The minimum atomic E-state index is -0.285. The Balaban J connectivity index is 3.34. The molecule has 0 unspecified atom stereocenters. The first-order chi connectivity index (χ1) is 4.70. The molecule has 0 aliphatic rings. The Hall–Kier alpha value is -0.370. The molecule has 0 aliphatic carbocycles. The molecule has 1 atom stereocenters. The van der Waals surface area contributed by atoms with Crippen molar-refractivity contribution in [2.75, 3.05) is 6.61 Å². The molecule has 1 N–H and O–H groups in total. The molecule has 0 spiro atoms. The van der Waals surface area contributed by atoms with Crippen LogP contribution in [0.5, 0.6) is 0 Å². The number of aliphatic hydroxyl groups excluding tert-OH is 1. The lowest BCUT2D eigenvalue weighted by molar-refractivity contribution is 0.213. The number of hydrogen-bond acceptors (Lipinski definition) is 1. The summed E-state index contributed by atoms with van der Waals surface area (Å²) in [7, 11) is 0. The van der Waals surface area contributed by atoms with E-state index in [1.165, 1.54) is 0 Å². The van der Waals surface area contributed by atoms with Gasteiger partial charge in [0.1, 0.15) is 0 Å². The molecule has 0 fully saturated rings. The van der Waals surface area contributed by atoms with Gasteiger partial charge in [-0.25, -0.2) is 4.39 Å². The highest BCUT2D eigenvalue weighted by atomic mass is 19.1. The summed E-state index contributed by atoms with van der Waals surface area (Å²) in [6.07, 6.45) is 2.01. The van der Waals surface area contributed by atoms with E-state index in [1.807, 2.05) is 6.92 Å². The third-order valence-corrected chi connectivity index (χ3v) is 1.66. The second kappa shape index (κ2) is 5.42. The zero-order chi connectivity index (χ0) is 7.98. The van der Waals surface area contributed by atoms with Crippen molar-refractivity contribution in [3.63, 3.8) is 0 Å². The topological polar surface area (TPSA) is 20.2 Å². The predicted molar refractivity (Wildman–Crippen MR) is 40.3 cm³/mol. The maximum absolute atomic E-state index is 12.1. The Morgan fingerprint density at radius 1 is 1.70 bits per heavy atom. The van der Waals surface area contributed by atoms with Crippen molar-refractivity contribution < 1.29 is 9.50 Å². The van der Waals surface area contributed by atoms with Crippen LogP contribution in [0.3, 0.4) is 0 Å². The van der Waals surface area contributed by atoms with Gasteiger partial charge >= 0.3 is 0 Å². The van der Waals surface area contributed by atoms with E-state index in [4.69, 9.17) is 5.11 Å². The molecule has 0 amide bonds. The summed E-state index contributed by atoms with van der Waals surface area (Å²) in [5.74, 6) is -0.0422. The van der Waals surface area contributed by atoms with Gasteiger partial charge in [0.15, 0.2) is 0 Å². The van der Waals surface area contributed by atoms with Crippen LogP contribution in [0.4, 0.5) is 4.39 Å². The van der Waals surface area contributed by atoms with E-state index in [9.17, 15) is 4.39 Å². The van der Waals surface area contributed by atoms with Gasteiger partial charge in [0.05, 0.1) is 5.83 Å². The van der Waals surface area contributed by atoms with Crippen molar-refractivity contribution in [1.29, 1.82) is 0 Å². The van der Waals surface area contributed by atoms with Gasteiger partial charge in [0.2, 0.25) is 0 Å².